The highest BCUT2D eigenvalue weighted by Crippen LogP contribution is 2.32. The molecule has 0 heterocycles. The Kier molecular flexibility index (Phi) is 12.7. The maximum absolute atomic E-state index is 12.4. The van der Waals surface area contributed by atoms with Crippen LogP contribution in [0.15, 0.2) is 18.2 Å². The lowest BCUT2D eigenvalue weighted by atomic mass is 9.86. The minimum absolute atomic E-state index is 0.163. The monoisotopic (exact) mass is 569 g/mol. The summed E-state index contributed by atoms with van der Waals surface area (Å²) >= 11 is 0. The molecule has 0 aliphatic carbocycles. The summed E-state index contributed by atoms with van der Waals surface area (Å²) in [7, 11) is 0. The molecule has 0 aliphatic rings. The summed E-state index contributed by atoms with van der Waals surface area (Å²) in [6.07, 6.45) is -1.85. The number of aliphatic carboxylic acids is 1. The molecule has 0 radical (unpaired) electrons. The summed E-state index contributed by atoms with van der Waals surface area (Å²) in [5, 5.41) is 9.91. The van der Waals surface area contributed by atoms with E-state index in [1.807, 2.05) is 6.92 Å². The number of nitrogens with two attached hydrogens (primary N) is 1. The summed E-state index contributed by atoms with van der Waals surface area (Å²) in [4.78, 5) is 48.7. The fourth-order valence-electron chi connectivity index (χ4n) is 3.41. The van der Waals surface area contributed by atoms with Crippen LogP contribution in [0.25, 0.3) is 0 Å². The Labute approximate surface area is 235 Å². The molecule has 1 unspecified atom stereocenters. The number of hydrogen-bond donors (Lipinski definition) is 2. The van der Waals surface area contributed by atoms with Crippen molar-refractivity contribution in [1.82, 2.24) is 0 Å². The third-order valence-corrected chi connectivity index (χ3v) is 5.04. The van der Waals surface area contributed by atoms with Gasteiger partial charge in [-0.15, -0.1) is 0 Å². The number of carboxylic acids is 1. The standard InChI is InChI=1S/C28H43NO11/c1-9-10-11-14-35-23(32)36-18(2)16-28(29,22(30)31)17-19-12-13-20(37-24(33)39-26(3,4)5)21(15-19)38-25(34)40-27(6,7)8/h12-13,15,18H,9-11,14,16-17,29H2,1-8H3,(H,30,31)/t18-,28?/m0/s1. The van der Waals surface area contributed by atoms with Crippen molar-refractivity contribution in [2.24, 2.45) is 5.73 Å². The topological polar surface area (TPSA) is 170 Å². The molecule has 0 saturated heterocycles. The number of rotatable bonds is 12. The van der Waals surface area contributed by atoms with E-state index in [1.165, 1.54) is 25.1 Å². The first-order chi connectivity index (χ1) is 18.3. The van der Waals surface area contributed by atoms with E-state index in [1.54, 1.807) is 41.5 Å². The lowest BCUT2D eigenvalue weighted by molar-refractivity contribution is -0.144. The second-order valence-corrected chi connectivity index (χ2v) is 11.5. The summed E-state index contributed by atoms with van der Waals surface area (Å²) in [6, 6.07) is 4.08. The molecule has 0 amide bonds. The molecule has 1 aromatic carbocycles. The van der Waals surface area contributed by atoms with Crippen molar-refractivity contribution in [2.45, 2.75) is 110 Å². The Bertz CT molecular complexity index is 1030. The van der Waals surface area contributed by atoms with Crippen LogP contribution in [0.1, 0.15) is 86.6 Å². The van der Waals surface area contributed by atoms with E-state index in [0.717, 1.165) is 12.8 Å². The van der Waals surface area contributed by atoms with Crippen LogP contribution in [-0.2, 0) is 30.2 Å². The molecule has 1 rings (SSSR count). The van der Waals surface area contributed by atoms with Gasteiger partial charge in [-0.1, -0.05) is 25.8 Å². The van der Waals surface area contributed by atoms with Gasteiger partial charge in [0, 0.05) is 12.8 Å². The maximum atomic E-state index is 12.4. The molecular formula is C28H43NO11. The van der Waals surface area contributed by atoms with Gasteiger partial charge in [-0.2, -0.15) is 0 Å². The zero-order valence-electron chi connectivity index (χ0n) is 24.7. The van der Waals surface area contributed by atoms with E-state index in [0.29, 0.717) is 12.0 Å². The van der Waals surface area contributed by atoms with Gasteiger partial charge in [0.05, 0.1) is 6.61 Å². The van der Waals surface area contributed by atoms with E-state index in [-0.39, 0.29) is 30.9 Å². The molecular weight excluding hydrogens is 526 g/mol. The Morgan fingerprint density at radius 2 is 1.43 bits per heavy atom. The predicted molar refractivity (Wildman–Crippen MR) is 144 cm³/mol. The van der Waals surface area contributed by atoms with Gasteiger partial charge >= 0.3 is 24.4 Å². The highest BCUT2D eigenvalue weighted by molar-refractivity contribution is 5.79. The van der Waals surface area contributed by atoms with Crippen molar-refractivity contribution in [3.05, 3.63) is 23.8 Å². The molecule has 0 saturated carbocycles. The Morgan fingerprint density at radius 3 is 1.93 bits per heavy atom. The van der Waals surface area contributed by atoms with Crippen LogP contribution in [0.3, 0.4) is 0 Å². The van der Waals surface area contributed by atoms with Crippen LogP contribution < -0.4 is 15.2 Å². The van der Waals surface area contributed by atoms with Gasteiger partial charge in [0.1, 0.15) is 22.8 Å². The normalized spacial score (nSPS) is 13.8. The molecule has 12 heteroatoms. The molecule has 0 bridgehead atoms. The largest absolute Gasteiger partial charge is 0.514 e. The van der Waals surface area contributed by atoms with Gasteiger partial charge in [-0.25, -0.2) is 14.4 Å². The number of carbonyl (C=O) groups excluding carboxylic acids is 3. The van der Waals surface area contributed by atoms with Gasteiger partial charge in [0.2, 0.25) is 0 Å². The fourth-order valence-corrected chi connectivity index (χ4v) is 3.41. The van der Waals surface area contributed by atoms with Crippen molar-refractivity contribution < 1.29 is 52.7 Å². The van der Waals surface area contributed by atoms with Crippen LogP contribution in [0.4, 0.5) is 14.4 Å². The number of ether oxygens (including phenoxy) is 6. The van der Waals surface area contributed by atoms with Crippen molar-refractivity contribution in [2.75, 3.05) is 6.61 Å². The second-order valence-electron chi connectivity index (χ2n) is 11.5. The smallest absolute Gasteiger partial charge is 0.480 e. The van der Waals surface area contributed by atoms with Crippen molar-refractivity contribution in [1.29, 1.82) is 0 Å². The second kappa shape index (κ2) is 14.7. The maximum Gasteiger partial charge on any atom is 0.514 e. The molecule has 0 aliphatic heterocycles. The minimum Gasteiger partial charge on any atom is -0.480 e. The lowest BCUT2D eigenvalue weighted by Crippen LogP contribution is -2.52. The third kappa shape index (κ3) is 13.5. The molecule has 12 nitrogen and oxygen atoms in total. The third-order valence-electron chi connectivity index (χ3n) is 5.04. The summed E-state index contributed by atoms with van der Waals surface area (Å²) in [5.41, 5.74) is 2.98. The summed E-state index contributed by atoms with van der Waals surface area (Å²) < 4.78 is 31.0. The number of benzene rings is 1. The first kappa shape index (κ1) is 34.5. The van der Waals surface area contributed by atoms with Gasteiger partial charge in [-0.3, -0.25) is 4.79 Å². The molecule has 0 fully saturated rings. The number of unbranched alkanes of at least 4 members (excludes halogenated alkanes) is 2. The highest BCUT2D eigenvalue weighted by Gasteiger charge is 2.37. The van der Waals surface area contributed by atoms with E-state index in [4.69, 9.17) is 34.2 Å². The molecule has 0 aromatic heterocycles. The average molecular weight is 570 g/mol. The van der Waals surface area contributed by atoms with E-state index >= 15 is 0 Å². The summed E-state index contributed by atoms with van der Waals surface area (Å²) in [6.45, 7) is 13.6. The zero-order valence-corrected chi connectivity index (χ0v) is 24.7. The first-order valence-corrected chi connectivity index (χ1v) is 13.1. The van der Waals surface area contributed by atoms with Gasteiger partial charge in [0.15, 0.2) is 11.5 Å². The number of hydrogen-bond acceptors (Lipinski definition) is 11. The summed E-state index contributed by atoms with van der Waals surface area (Å²) in [5.74, 6) is -1.72. The van der Waals surface area contributed by atoms with Crippen molar-refractivity contribution in [3.8, 4) is 11.5 Å². The van der Waals surface area contributed by atoms with Gasteiger partial charge < -0.3 is 39.3 Å². The molecule has 1 aromatic rings. The van der Waals surface area contributed by atoms with Crippen LogP contribution in [0.2, 0.25) is 0 Å². The Hall–Kier alpha value is -3.54. The van der Waals surface area contributed by atoms with Crippen LogP contribution in [0.5, 0.6) is 11.5 Å². The zero-order chi connectivity index (χ0) is 30.7. The first-order valence-electron chi connectivity index (χ1n) is 13.1. The number of carbonyl (C=O) groups is 4. The Balaban J connectivity index is 3.14. The SMILES string of the molecule is CCCCCOC(=O)O[C@@H](C)CC(N)(Cc1ccc(OC(=O)OC(C)(C)C)c(OC(=O)OC(C)(C)C)c1)C(=O)O. The lowest BCUT2D eigenvalue weighted by Gasteiger charge is -2.28. The molecule has 0 spiro atoms. The Morgan fingerprint density at radius 1 is 0.875 bits per heavy atom. The van der Waals surface area contributed by atoms with Crippen LogP contribution in [0, 0.1) is 0 Å². The van der Waals surface area contributed by atoms with E-state index < -0.39 is 47.3 Å². The molecule has 3 N–H and O–H groups in total. The fraction of sp³-hybridized carbons (Fsp3) is 0.643. The van der Waals surface area contributed by atoms with Crippen LogP contribution in [-0.4, -0.2) is 59.0 Å². The van der Waals surface area contributed by atoms with Crippen molar-refractivity contribution >= 4 is 24.4 Å². The van der Waals surface area contributed by atoms with Gasteiger partial charge in [-0.05, 0) is 72.6 Å². The highest BCUT2D eigenvalue weighted by atomic mass is 16.8. The quantitative estimate of drug-likeness (QED) is 0.135. The minimum atomic E-state index is -1.88. The number of carboxylic acid groups (broad SMARTS) is 1. The van der Waals surface area contributed by atoms with Gasteiger partial charge in [0.25, 0.3) is 0 Å². The predicted octanol–water partition coefficient (Wildman–Crippen LogP) is 5.76. The average Bonchev–Trinajstić information content (AvgIpc) is 2.75. The molecule has 40 heavy (non-hydrogen) atoms. The molecule has 2 atom stereocenters. The molecule has 226 valence electrons. The van der Waals surface area contributed by atoms with E-state index in [2.05, 4.69) is 0 Å². The van der Waals surface area contributed by atoms with E-state index in [9.17, 15) is 24.3 Å². The van der Waals surface area contributed by atoms with Crippen molar-refractivity contribution in [3.63, 3.8) is 0 Å². The van der Waals surface area contributed by atoms with Crippen LogP contribution >= 0.6 is 0 Å².